The van der Waals surface area contributed by atoms with Crippen molar-refractivity contribution >= 4 is 34.0 Å². The summed E-state index contributed by atoms with van der Waals surface area (Å²) < 4.78 is 1.72. The molecule has 0 aliphatic rings. The van der Waals surface area contributed by atoms with Gasteiger partial charge < -0.3 is 0 Å². The fourth-order valence-corrected chi connectivity index (χ4v) is 4.47. The summed E-state index contributed by atoms with van der Waals surface area (Å²) in [5.74, 6) is 0.682. The van der Waals surface area contributed by atoms with E-state index in [0.29, 0.717) is 16.3 Å². The third-order valence-electron chi connectivity index (χ3n) is 4.12. The number of para-hydroxylation sites is 2. The van der Waals surface area contributed by atoms with Crippen LogP contribution in [-0.2, 0) is 5.75 Å². The predicted octanol–water partition coefficient (Wildman–Crippen LogP) is 4.75. The molecule has 0 amide bonds. The number of fused-ring (bicyclic) bond motifs is 1. The van der Waals surface area contributed by atoms with Crippen molar-refractivity contribution in [2.75, 3.05) is 0 Å². The third kappa shape index (κ3) is 3.18. The normalized spacial score (nSPS) is 11.2. The van der Waals surface area contributed by atoms with E-state index in [4.69, 9.17) is 4.98 Å². The van der Waals surface area contributed by atoms with Crippen molar-refractivity contribution in [2.45, 2.75) is 24.8 Å². The molecular weight excluding hydrogens is 362 g/mol. The van der Waals surface area contributed by atoms with Crippen LogP contribution in [0.3, 0.4) is 0 Å². The molecule has 6 heteroatoms. The summed E-state index contributed by atoms with van der Waals surface area (Å²) >= 11 is 3.18. The van der Waals surface area contributed by atoms with Crippen LogP contribution in [-0.4, -0.2) is 14.5 Å². The highest BCUT2D eigenvalue weighted by molar-refractivity contribution is 7.98. The Labute approximate surface area is 159 Å². The van der Waals surface area contributed by atoms with E-state index in [9.17, 15) is 4.79 Å². The number of nitrogens with zero attached hydrogens (tertiary/aromatic N) is 3. The van der Waals surface area contributed by atoms with Crippen molar-refractivity contribution in [1.29, 1.82) is 0 Å². The number of aromatic nitrogens is 3. The van der Waals surface area contributed by atoms with Gasteiger partial charge >= 0.3 is 0 Å². The second kappa shape index (κ2) is 7.05. The molecular formula is C20H17N3OS2. The maximum atomic E-state index is 13.2. The Kier molecular flexibility index (Phi) is 4.61. The van der Waals surface area contributed by atoms with E-state index >= 15 is 0 Å². The summed E-state index contributed by atoms with van der Waals surface area (Å²) in [6.07, 6.45) is 0. The van der Waals surface area contributed by atoms with Gasteiger partial charge in [-0.1, -0.05) is 42.1 Å². The van der Waals surface area contributed by atoms with Crippen molar-refractivity contribution in [3.05, 3.63) is 80.5 Å². The topological polar surface area (TPSA) is 47.8 Å². The average molecular weight is 380 g/mol. The minimum Gasteiger partial charge on any atom is -0.268 e. The fraction of sp³-hybridized carbons (Fsp3) is 0.150. The lowest BCUT2D eigenvalue weighted by atomic mass is 10.2. The molecule has 0 fully saturated rings. The number of hydrogen-bond acceptors (Lipinski definition) is 5. The second-order valence-corrected chi connectivity index (χ2v) is 7.99. The minimum absolute atomic E-state index is 0.0399. The van der Waals surface area contributed by atoms with Gasteiger partial charge in [-0.05, 0) is 37.6 Å². The van der Waals surface area contributed by atoms with Crippen LogP contribution < -0.4 is 5.56 Å². The molecule has 0 saturated carbocycles. The third-order valence-corrected chi connectivity index (χ3v) is 5.91. The lowest BCUT2D eigenvalue weighted by Gasteiger charge is -2.14. The summed E-state index contributed by atoms with van der Waals surface area (Å²) in [6.45, 7) is 4.01. The molecule has 0 bridgehead atoms. The van der Waals surface area contributed by atoms with Crippen LogP contribution >= 0.6 is 23.1 Å². The van der Waals surface area contributed by atoms with E-state index in [1.807, 2.05) is 62.4 Å². The maximum absolute atomic E-state index is 13.2. The molecule has 4 aromatic rings. The molecule has 0 aliphatic carbocycles. The number of rotatable bonds is 4. The van der Waals surface area contributed by atoms with Crippen LogP contribution in [0, 0.1) is 13.8 Å². The Morgan fingerprint density at radius 2 is 1.81 bits per heavy atom. The first-order valence-corrected chi connectivity index (χ1v) is 10.1. The van der Waals surface area contributed by atoms with E-state index in [1.165, 1.54) is 0 Å². The van der Waals surface area contributed by atoms with Gasteiger partial charge in [-0.2, -0.15) is 0 Å². The Hall–Kier alpha value is -2.44. The van der Waals surface area contributed by atoms with E-state index in [-0.39, 0.29) is 5.56 Å². The number of thiazole rings is 1. The molecule has 0 atom stereocenters. The quantitative estimate of drug-likeness (QED) is 0.379. The molecule has 0 unspecified atom stereocenters. The molecule has 0 saturated heterocycles. The van der Waals surface area contributed by atoms with Crippen LogP contribution in [0.15, 0.2) is 63.9 Å². The molecule has 26 heavy (non-hydrogen) atoms. The van der Waals surface area contributed by atoms with Gasteiger partial charge in [-0.3, -0.25) is 9.36 Å². The molecule has 0 aliphatic heterocycles. The SMILES string of the molecule is Cc1nc(CSc2nc3ccccc3c(=O)n2-c2ccccc2C)cs1. The van der Waals surface area contributed by atoms with Gasteiger partial charge in [0.2, 0.25) is 0 Å². The number of benzene rings is 2. The van der Waals surface area contributed by atoms with Crippen LogP contribution in [0.25, 0.3) is 16.6 Å². The highest BCUT2D eigenvalue weighted by Gasteiger charge is 2.15. The van der Waals surface area contributed by atoms with Crippen LogP contribution in [0.2, 0.25) is 0 Å². The molecule has 130 valence electrons. The average Bonchev–Trinajstić information content (AvgIpc) is 3.06. The summed E-state index contributed by atoms with van der Waals surface area (Å²) in [5, 5.41) is 4.42. The summed E-state index contributed by atoms with van der Waals surface area (Å²) in [7, 11) is 0. The zero-order valence-electron chi connectivity index (χ0n) is 14.5. The Morgan fingerprint density at radius 1 is 1.04 bits per heavy atom. The van der Waals surface area contributed by atoms with Gasteiger partial charge in [0.25, 0.3) is 5.56 Å². The van der Waals surface area contributed by atoms with Gasteiger partial charge in [0.15, 0.2) is 5.16 Å². The van der Waals surface area contributed by atoms with Crippen LogP contribution in [0.1, 0.15) is 16.3 Å². The van der Waals surface area contributed by atoms with Gasteiger partial charge in [0.1, 0.15) is 0 Å². The first-order chi connectivity index (χ1) is 12.6. The van der Waals surface area contributed by atoms with Gasteiger partial charge in [-0.25, -0.2) is 9.97 Å². The molecule has 4 rings (SSSR count). The summed E-state index contributed by atoms with van der Waals surface area (Å²) in [4.78, 5) is 22.5. The van der Waals surface area contributed by atoms with E-state index in [2.05, 4.69) is 10.4 Å². The van der Waals surface area contributed by atoms with Crippen molar-refractivity contribution in [1.82, 2.24) is 14.5 Å². The summed E-state index contributed by atoms with van der Waals surface area (Å²) in [5.41, 5.74) is 3.60. The van der Waals surface area contributed by atoms with Gasteiger partial charge in [0.05, 0.1) is 27.3 Å². The Morgan fingerprint density at radius 3 is 2.58 bits per heavy atom. The molecule has 2 heterocycles. The van der Waals surface area contributed by atoms with E-state index in [1.54, 1.807) is 27.7 Å². The second-order valence-electron chi connectivity index (χ2n) is 5.99. The fourth-order valence-electron chi connectivity index (χ4n) is 2.85. The van der Waals surface area contributed by atoms with Crippen molar-refractivity contribution < 1.29 is 0 Å². The molecule has 4 nitrogen and oxygen atoms in total. The van der Waals surface area contributed by atoms with Crippen molar-refractivity contribution in [3.8, 4) is 5.69 Å². The number of aryl methyl sites for hydroxylation is 2. The maximum Gasteiger partial charge on any atom is 0.266 e. The first kappa shape index (κ1) is 17.0. The predicted molar refractivity (Wildman–Crippen MR) is 108 cm³/mol. The molecule has 2 aromatic carbocycles. The Bertz CT molecular complexity index is 1150. The van der Waals surface area contributed by atoms with Crippen molar-refractivity contribution in [3.63, 3.8) is 0 Å². The van der Waals surface area contributed by atoms with E-state index < -0.39 is 0 Å². The standard InChI is InChI=1S/C20H17N3OS2/c1-13-7-3-6-10-18(13)23-19(24)16-8-4-5-9-17(16)22-20(23)26-12-15-11-25-14(2)21-15/h3-11H,12H2,1-2H3. The zero-order valence-corrected chi connectivity index (χ0v) is 16.1. The lowest BCUT2D eigenvalue weighted by Crippen LogP contribution is -2.22. The highest BCUT2D eigenvalue weighted by Crippen LogP contribution is 2.26. The van der Waals surface area contributed by atoms with Crippen molar-refractivity contribution in [2.24, 2.45) is 0 Å². The highest BCUT2D eigenvalue weighted by atomic mass is 32.2. The molecule has 0 spiro atoms. The number of thioether (sulfide) groups is 1. The lowest BCUT2D eigenvalue weighted by molar-refractivity contribution is 0.814. The largest absolute Gasteiger partial charge is 0.268 e. The van der Waals surface area contributed by atoms with Crippen LogP contribution in [0.4, 0.5) is 0 Å². The van der Waals surface area contributed by atoms with Gasteiger partial charge in [-0.15, -0.1) is 11.3 Å². The minimum atomic E-state index is -0.0399. The smallest absolute Gasteiger partial charge is 0.266 e. The monoisotopic (exact) mass is 379 g/mol. The van der Waals surface area contributed by atoms with Crippen LogP contribution in [0.5, 0.6) is 0 Å². The number of hydrogen-bond donors (Lipinski definition) is 0. The first-order valence-electron chi connectivity index (χ1n) is 8.25. The summed E-state index contributed by atoms with van der Waals surface area (Å²) in [6, 6.07) is 15.4. The molecule has 2 aromatic heterocycles. The van der Waals surface area contributed by atoms with E-state index in [0.717, 1.165) is 27.5 Å². The zero-order chi connectivity index (χ0) is 18.1. The van der Waals surface area contributed by atoms with Gasteiger partial charge in [0, 0.05) is 11.1 Å². The molecule has 0 radical (unpaired) electrons. The Balaban J connectivity index is 1.88. The molecule has 0 N–H and O–H groups in total.